The molecule has 0 atom stereocenters. The van der Waals surface area contributed by atoms with Crippen LogP contribution in [0.15, 0.2) is 0 Å². The molecule has 0 aromatic carbocycles. The molecule has 118 valence electrons. The van der Waals surface area contributed by atoms with Gasteiger partial charge in [0.25, 0.3) is 0 Å². The molecule has 0 unspecified atom stereocenters. The van der Waals surface area contributed by atoms with E-state index in [2.05, 4.69) is 22.9 Å². The summed E-state index contributed by atoms with van der Waals surface area (Å²) in [5.74, 6) is 1.27. The summed E-state index contributed by atoms with van der Waals surface area (Å²) in [6.07, 6.45) is 13.2. The monoisotopic (exact) mass is 346 g/mol. The predicted octanol–water partition coefficient (Wildman–Crippen LogP) is 5.29. The summed E-state index contributed by atoms with van der Waals surface area (Å²) in [5, 5.41) is 0. The zero-order valence-corrected chi connectivity index (χ0v) is 14.6. The lowest BCUT2D eigenvalue weighted by atomic mass is 9.88. The van der Waals surface area contributed by atoms with Gasteiger partial charge in [-0.3, -0.25) is 0 Å². The van der Waals surface area contributed by atoms with Crippen molar-refractivity contribution in [1.29, 1.82) is 0 Å². The molecule has 2 rings (SSSR count). The molecule has 0 radical (unpaired) electrons. The molecule has 1 aliphatic carbocycles. The Morgan fingerprint density at radius 1 is 0.900 bits per heavy atom. The summed E-state index contributed by atoms with van der Waals surface area (Å²) in [6, 6.07) is 0. The van der Waals surface area contributed by atoms with Crippen LogP contribution in [0, 0.1) is 11.8 Å². The van der Waals surface area contributed by atoms with E-state index in [9.17, 15) is 0 Å². The van der Waals surface area contributed by atoms with Crippen LogP contribution >= 0.6 is 15.9 Å². The lowest BCUT2D eigenvalue weighted by Gasteiger charge is -2.36. The molecular weight excluding hydrogens is 316 g/mol. The minimum Gasteiger partial charge on any atom is -0.352 e. The SMILES string of the molecule is CCCCCCC[C@H]1CO[C@H]([C@H]2CC[C@H](Br)CC2)OC1. The lowest BCUT2D eigenvalue weighted by molar-refractivity contribution is -0.228. The van der Waals surface area contributed by atoms with Crippen LogP contribution in [0.2, 0.25) is 0 Å². The maximum atomic E-state index is 6.01. The van der Waals surface area contributed by atoms with Gasteiger partial charge < -0.3 is 9.47 Å². The van der Waals surface area contributed by atoms with Crippen molar-refractivity contribution in [3.63, 3.8) is 0 Å². The minimum absolute atomic E-state index is 0.0892. The number of unbranched alkanes of at least 4 members (excludes halogenated alkanes) is 4. The van der Waals surface area contributed by atoms with E-state index in [-0.39, 0.29) is 6.29 Å². The van der Waals surface area contributed by atoms with E-state index in [0.29, 0.717) is 11.8 Å². The van der Waals surface area contributed by atoms with Crippen LogP contribution in [0.1, 0.15) is 71.1 Å². The molecule has 1 saturated heterocycles. The van der Waals surface area contributed by atoms with Gasteiger partial charge in [0.05, 0.1) is 13.2 Å². The van der Waals surface area contributed by atoms with E-state index in [1.165, 1.54) is 64.2 Å². The zero-order valence-electron chi connectivity index (χ0n) is 13.0. The fourth-order valence-electron chi connectivity index (χ4n) is 3.38. The maximum Gasteiger partial charge on any atom is 0.160 e. The molecule has 2 fully saturated rings. The molecule has 0 aromatic heterocycles. The van der Waals surface area contributed by atoms with Crippen LogP contribution in [0.5, 0.6) is 0 Å². The molecule has 0 amide bonds. The second-order valence-electron chi connectivity index (χ2n) is 6.62. The Hall–Kier alpha value is 0.400. The van der Waals surface area contributed by atoms with Crippen molar-refractivity contribution in [2.75, 3.05) is 13.2 Å². The highest BCUT2D eigenvalue weighted by Crippen LogP contribution is 2.34. The molecule has 0 bridgehead atoms. The van der Waals surface area contributed by atoms with E-state index in [1.807, 2.05) is 0 Å². The van der Waals surface area contributed by atoms with Gasteiger partial charge in [0.2, 0.25) is 0 Å². The van der Waals surface area contributed by atoms with Crippen molar-refractivity contribution in [3.05, 3.63) is 0 Å². The molecular formula is C17H31BrO2. The number of hydrogen-bond donors (Lipinski definition) is 0. The second kappa shape index (κ2) is 9.42. The third kappa shape index (κ3) is 5.65. The Bertz CT molecular complexity index is 243. The molecule has 3 heteroatoms. The fourth-order valence-corrected chi connectivity index (χ4v) is 3.91. The molecule has 0 aromatic rings. The highest BCUT2D eigenvalue weighted by molar-refractivity contribution is 9.09. The fraction of sp³-hybridized carbons (Fsp3) is 1.00. The van der Waals surface area contributed by atoms with Crippen molar-refractivity contribution in [3.8, 4) is 0 Å². The average Bonchev–Trinajstić information content (AvgIpc) is 2.49. The van der Waals surface area contributed by atoms with Gasteiger partial charge in [-0.1, -0.05) is 55.0 Å². The maximum absolute atomic E-state index is 6.01. The Morgan fingerprint density at radius 3 is 2.20 bits per heavy atom. The van der Waals surface area contributed by atoms with Gasteiger partial charge in [-0.2, -0.15) is 0 Å². The molecule has 20 heavy (non-hydrogen) atoms. The Morgan fingerprint density at radius 2 is 1.55 bits per heavy atom. The van der Waals surface area contributed by atoms with Crippen molar-refractivity contribution < 1.29 is 9.47 Å². The van der Waals surface area contributed by atoms with E-state index >= 15 is 0 Å². The Balaban J connectivity index is 1.55. The molecule has 2 aliphatic rings. The number of ether oxygens (including phenoxy) is 2. The number of alkyl halides is 1. The van der Waals surface area contributed by atoms with Crippen LogP contribution in [-0.2, 0) is 9.47 Å². The highest BCUT2D eigenvalue weighted by atomic mass is 79.9. The Kier molecular flexibility index (Phi) is 7.90. The standard InChI is InChI=1S/C17H31BrO2/c1-2-3-4-5-6-7-14-12-19-17(20-13-14)15-8-10-16(18)11-9-15/h14-17H,2-13H2,1H3/t14-,15-,16-,17-. The summed E-state index contributed by atoms with van der Waals surface area (Å²) in [7, 11) is 0. The first-order valence-electron chi connectivity index (χ1n) is 8.67. The predicted molar refractivity (Wildman–Crippen MR) is 87.2 cm³/mol. The first-order chi connectivity index (χ1) is 9.79. The highest BCUT2D eigenvalue weighted by Gasteiger charge is 2.31. The number of rotatable bonds is 7. The first kappa shape index (κ1) is 16.8. The summed E-state index contributed by atoms with van der Waals surface area (Å²) < 4.78 is 12.0. The second-order valence-corrected chi connectivity index (χ2v) is 7.91. The smallest absolute Gasteiger partial charge is 0.160 e. The van der Waals surface area contributed by atoms with E-state index in [0.717, 1.165) is 18.0 Å². The van der Waals surface area contributed by atoms with Crippen LogP contribution in [0.4, 0.5) is 0 Å². The van der Waals surface area contributed by atoms with E-state index in [1.54, 1.807) is 0 Å². The van der Waals surface area contributed by atoms with Gasteiger partial charge in [-0.15, -0.1) is 0 Å². The lowest BCUT2D eigenvalue weighted by Crippen LogP contribution is -2.38. The van der Waals surface area contributed by atoms with Gasteiger partial charge in [0, 0.05) is 16.7 Å². The van der Waals surface area contributed by atoms with Crippen molar-refractivity contribution >= 4 is 15.9 Å². The van der Waals surface area contributed by atoms with Gasteiger partial charge in [0.15, 0.2) is 6.29 Å². The first-order valence-corrected chi connectivity index (χ1v) is 9.58. The van der Waals surface area contributed by atoms with Gasteiger partial charge in [-0.25, -0.2) is 0 Å². The summed E-state index contributed by atoms with van der Waals surface area (Å²) in [5.41, 5.74) is 0. The van der Waals surface area contributed by atoms with Crippen LogP contribution < -0.4 is 0 Å². The van der Waals surface area contributed by atoms with Crippen molar-refractivity contribution in [1.82, 2.24) is 0 Å². The van der Waals surface area contributed by atoms with E-state index < -0.39 is 0 Å². The topological polar surface area (TPSA) is 18.5 Å². The molecule has 0 N–H and O–H groups in total. The van der Waals surface area contributed by atoms with Crippen LogP contribution in [0.25, 0.3) is 0 Å². The summed E-state index contributed by atoms with van der Waals surface area (Å²) in [6.45, 7) is 4.12. The minimum atomic E-state index is 0.0892. The number of halogens is 1. The molecule has 1 heterocycles. The normalized spacial score (nSPS) is 35.1. The van der Waals surface area contributed by atoms with Gasteiger partial charge in [-0.05, 0) is 32.1 Å². The quantitative estimate of drug-likeness (QED) is 0.460. The van der Waals surface area contributed by atoms with E-state index in [4.69, 9.17) is 9.47 Å². The average molecular weight is 347 g/mol. The largest absolute Gasteiger partial charge is 0.352 e. The summed E-state index contributed by atoms with van der Waals surface area (Å²) in [4.78, 5) is 0.721. The van der Waals surface area contributed by atoms with Crippen LogP contribution in [-0.4, -0.2) is 24.3 Å². The summed E-state index contributed by atoms with van der Waals surface area (Å²) >= 11 is 3.71. The zero-order chi connectivity index (χ0) is 14.2. The number of hydrogen-bond acceptors (Lipinski definition) is 2. The van der Waals surface area contributed by atoms with Crippen LogP contribution in [0.3, 0.4) is 0 Å². The molecule has 0 spiro atoms. The van der Waals surface area contributed by atoms with Gasteiger partial charge in [0.1, 0.15) is 0 Å². The Labute approximate surface area is 133 Å². The van der Waals surface area contributed by atoms with Gasteiger partial charge >= 0.3 is 0 Å². The molecule has 2 nitrogen and oxygen atoms in total. The molecule has 1 aliphatic heterocycles. The van der Waals surface area contributed by atoms with Crippen molar-refractivity contribution in [2.45, 2.75) is 82.2 Å². The molecule has 1 saturated carbocycles. The van der Waals surface area contributed by atoms with Crippen molar-refractivity contribution in [2.24, 2.45) is 11.8 Å². The third-order valence-corrected chi connectivity index (χ3v) is 5.71. The third-order valence-electron chi connectivity index (χ3n) is 4.79.